The van der Waals surface area contributed by atoms with Gasteiger partial charge in [-0.1, -0.05) is 24.6 Å². The largest absolute Gasteiger partial charge is 0.467 e. The Kier molecular flexibility index (Phi) is 5.20. The number of carbonyl (C=O) groups is 1. The third-order valence-corrected chi connectivity index (χ3v) is 6.26. The molecule has 10 heteroatoms. The first-order chi connectivity index (χ1) is 12.3. The monoisotopic (exact) mass is 370 g/mol. The van der Waals surface area contributed by atoms with E-state index in [2.05, 4.69) is 20.3 Å². The fraction of sp³-hybridized carbons (Fsp3) is 0.867. The van der Waals surface area contributed by atoms with Crippen molar-refractivity contribution >= 4 is 17.7 Å². The summed E-state index contributed by atoms with van der Waals surface area (Å²) in [5, 5.41) is 13.6. The molecule has 1 saturated carbocycles. The average molecular weight is 370 g/mol. The first-order valence-electron chi connectivity index (χ1n) is 8.62. The van der Waals surface area contributed by atoms with Crippen molar-refractivity contribution in [3.05, 3.63) is 0 Å². The summed E-state index contributed by atoms with van der Waals surface area (Å²) in [6, 6.07) is -0.0735. The topological polar surface area (TPSA) is 97.6 Å². The van der Waals surface area contributed by atoms with Crippen LogP contribution in [0.15, 0.2) is 5.16 Å². The number of hydrogen-bond acceptors (Lipinski definition) is 9. The minimum atomic E-state index is -0.409. The molecule has 138 valence electrons. The lowest BCUT2D eigenvalue weighted by atomic mass is 10.1. The summed E-state index contributed by atoms with van der Waals surface area (Å²) in [6.45, 7) is 0.752. The first kappa shape index (κ1) is 17.2. The molecule has 3 heterocycles. The molecule has 4 rings (SSSR count). The van der Waals surface area contributed by atoms with Gasteiger partial charge in [0.25, 0.3) is 0 Å². The maximum absolute atomic E-state index is 11.3. The van der Waals surface area contributed by atoms with Crippen LogP contribution in [0.3, 0.4) is 0 Å². The van der Waals surface area contributed by atoms with Crippen LogP contribution in [0.25, 0.3) is 0 Å². The number of carbonyl (C=O) groups excluding carboxylic acids is 1. The number of esters is 1. The number of ether oxygens (including phenoxy) is 4. The number of thioether (sulfide) groups is 1. The lowest BCUT2D eigenvalue weighted by molar-refractivity contribution is -0.150. The minimum absolute atomic E-state index is 0.0735. The normalized spacial score (nSPS) is 32.2. The summed E-state index contributed by atoms with van der Waals surface area (Å²) >= 11 is 1.75. The van der Waals surface area contributed by atoms with Gasteiger partial charge >= 0.3 is 5.97 Å². The summed E-state index contributed by atoms with van der Waals surface area (Å²) in [4.78, 5) is 11.3. The second kappa shape index (κ2) is 7.56. The van der Waals surface area contributed by atoms with E-state index < -0.39 is 5.97 Å². The molecule has 0 bridgehead atoms. The van der Waals surface area contributed by atoms with E-state index in [1.165, 1.54) is 32.8 Å². The molecule has 9 nitrogen and oxygen atoms in total. The van der Waals surface area contributed by atoms with Crippen LogP contribution in [-0.4, -0.2) is 76.7 Å². The van der Waals surface area contributed by atoms with Gasteiger partial charge < -0.3 is 18.9 Å². The van der Waals surface area contributed by atoms with Gasteiger partial charge in [0.2, 0.25) is 5.16 Å². The first-order valence-corrected chi connectivity index (χ1v) is 9.50. The Labute approximate surface area is 149 Å². The smallest absolute Gasteiger partial charge is 0.331 e. The van der Waals surface area contributed by atoms with Gasteiger partial charge in [-0.25, -0.2) is 9.48 Å². The van der Waals surface area contributed by atoms with Crippen LogP contribution in [0.2, 0.25) is 0 Å². The Morgan fingerprint density at radius 1 is 1.28 bits per heavy atom. The molecule has 25 heavy (non-hydrogen) atoms. The van der Waals surface area contributed by atoms with Gasteiger partial charge in [-0.3, -0.25) is 0 Å². The molecule has 4 atom stereocenters. The standard InChI is InChI=1S/C15H22N4O5S/c1-21-12(20)8-22-11-7-24-13-10(6-23-14(11)13)19-15(16-17-18-19)25-9-4-2-3-5-9/h9-11,13-14H,2-8H2,1H3. The van der Waals surface area contributed by atoms with Crippen molar-refractivity contribution < 1.29 is 23.7 Å². The minimum Gasteiger partial charge on any atom is -0.467 e. The number of aromatic nitrogens is 4. The molecule has 3 aliphatic rings. The zero-order valence-electron chi connectivity index (χ0n) is 14.1. The summed E-state index contributed by atoms with van der Waals surface area (Å²) in [6.07, 6.45) is 4.31. The Morgan fingerprint density at radius 3 is 2.88 bits per heavy atom. The van der Waals surface area contributed by atoms with Crippen LogP contribution in [0.5, 0.6) is 0 Å². The summed E-state index contributed by atoms with van der Waals surface area (Å²) in [7, 11) is 1.34. The summed E-state index contributed by atoms with van der Waals surface area (Å²) in [5.41, 5.74) is 0. The van der Waals surface area contributed by atoms with E-state index in [1.54, 1.807) is 11.8 Å². The van der Waals surface area contributed by atoms with Crippen molar-refractivity contribution in [2.75, 3.05) is 26.9 Å². The Morgan fingerprint density at radius 2 is 2.08 bits per heavy atom. The third-order valence-electron chi connectivity index (χ3n) is 4.98. The van der Waals surface area contributed by atoms with Gasteiger partial charge in [0.15, 0.2) is 0 Å². The quantitative estimate of drug-likeness (QED) is 0.667. The zero-order valence-corrected chi connectivity index (χ0v) is 14.9. The average Bonchev–Trinajstić information content (AvgIpc) is 3.38. The summed E-state index contributed by atoms with van der Waals surface area (Å²) < 4.78 is 23.8. The third kappa shape index (κ3) is 3.53. The van der Waals surface area contributed by atoms with E-state index in [9.17, 15) is 4.79 Å². The van der Waals surface area contributed by atoms with Gasteiger partial charge in [0, 0.05) is 5.25 Å². The van der Waals surface area contributed by atoms with E-state index in [0.29, 0.717) is 18.5 Å². The second-order valence-corrected chi connectivity index (χ2v) is 7.79. The van der Waals surface area contributed by atoms with E-state index >= 15 is 0 Å². The highest BCUT2D eigenvalue weighted by Crippen LogP contribution is 2.39. The SMILES string of the molecule is COC(=O)COC1COC2C1OCC2n1nnnc1SC1CCCC1. The highest BCUT2D eigenvalue weighted by molar-refractivity contribution is 7.99. The Hall–Kier alpha value is -1.23. The van der Waals surface area contributed by atoms with E-state index in [-0.39, 0.29) is 31.0 Å². The Bertz CT molecular complexity index is 608. The number of nitrogens with zero attached hydrogens (tertiary/aromatic N) is 4. The molecule has 0 aromatic carbocycles. The molecular formula is C15H22N4O5S. The van der Waals surface area contributed by atoms with Crippen molar-refractivity contribution in [1.29, 1.82) is 0 Å². The molecule has 4 unspecified atom stereocenters. The molecule has 0 N–H and O–H groups in total. The number of fused-ring (bicyclic) bond motifs is 1. The fourth-order valence-corrected chi connectivity index (χ4v) is 4.89. The molecular weight excluding hydrogens is 348 g/mol. The van der Waals surface area contributed by atoms with Crippen LogP contribution >= 0.6 is 11.8 Å². The number of hydrogen-bond donors (Lipinski definition) is 0. The van der Waals surface area contributed by atoms with Gasteiger partial charge in [-0.05, 0) is 23.3 Å². The molecule has 0 radical (unpaired) electrons. The maximum Gasteiger partial charge on any atom is 0.331 e. The molecule has 1 aromatic rings. The maximum atomic E-state index is 11.3. The van der Waals surface area contributed by atoms with Crippen LogP contribution in [-0.2, 0) is 23.7 Å². The zero-order chi connectivity index (χ0) is 17.2. The molecule has 2 saturated heterocycles. The molecule has 0 amide bonds. The second-order valence-electron chi connectivity index (χ2n) is 6.52. The van der Waals surface area contributed by atoms with Crippen molar-refractivity contribution in [3.63, 3.8) is 0 Å². The number of tetrazole rings is 1. The molecule has 2 aliphatic heterocycles. The van der Waals surface area contributed by atoms with E-state index in [4.69, 9.17) is 14.2 Å². The van der Waals surface area contributed by atoms with E-state index in [1.807, 2.05) is 4.68 Å². The predicted molar refractivity (Wildman–Crippen MR) is 86.2 cm³/mol. The van der Waals surface area contributed by atoms with Crippen LogP contribution < -0.4 is 0 Å². The van der Waals surface area contributed by atoms with Crippen LogP contribution in [0.1, 0.15) is 31.7 Å². The van der Waals surface area contributed by atoms with Crippen molar-refractivity contribution in [1.82, 2.24) is 20.2 Å². The van der Waals surface area contributed by atoms with Gasteiger partial charge in [0.05, 0.1) is 20.3 Å². The van der Waals surface area contributed by atoms with Gasteiger partial charge in [0.1, 0.15) is 31.0 Å². The fourth-order valence-electron chi connectivity index (χ4n) is 3.66. The molecule has 1 aliphatic carbocycles. The highest BCUT2D eigenvalue weighted by atomic mass is 32.2. The van der Waals surface area contributed by atoms with Crippen LogP contribution in [0, 0.1) is 0 Å². The van der Waals surface area contributed by atoms with Gasteiger partial charge in [-0.2, -0.15) is 0 Å². The lowest BCUT2D eigenvalue weighted by Crippen LogP contribution is -2.33. The Balaban J connectivity index is 1.40. The number of rotatable bonds is 6. The van der Waals surface area contributed by atoms with E-state index in [0.717, 1.165) is 5.16 Å². The molecule has 3 fully saturated rings. The summed E-state index contributed by atoms with van der Waals surface area (Å²) in [5.74, 6) is -0.409. The highest BCUT2D eigenvalue weighted by Gasteiger charge is 2.50. The predicted octanol–water partition coefficient (Wildman–Crippen LogP) is 0.605. The van der Waals surface area contributed by atoms with Gasteiger partial charge in [-0.15, -0.1) is 5.10 Å². The van der Waals surface area contributed by atoms with Crippen molar-refractivity contribution in [2.45, 2.75) is 60.4 Å². The van der Waals surface area contributed by atoms with Crippen molar-refractivity contribution in [2.24, 2.45) is 0 Å². The lowest BCUT2D eigenvalue weighted by Gasteiger charge is -2.18. The van der Waals surface area contributed by atoms with Crippen molar-refractivity contribution in [3.8, 4) is 0 Å². The molecule has 0 spiro atoms. The number of methoxy groups -OCH3 is 1. The van der Waals surface area contributed by atoms with Crippen LogP contribution in [0.4, 0.5) is 0 Å². The molecule has 1 aromatic heterocycles.